The van der Waals surface area contributed by atoms with Gasteiger partial charge in [-0.2, -0.15) is 26.3 Å². The van der Waals surface area contributed by atoms with Crippen molar-refractivity contribution in [3.05, 3.63) is 53.4 Å². The standard InChI is InChI=1S/C19H16F8O2/c1-10(2)14-12(11-6-4-3-5-7-11)8-13(20)16(9-28,15(14)21)17(29,18(22,23)24)19(25,26)27/h3-10,15,29H,1-2H3. The molecule has 2 nitrogen and oxygen atoms in total. The Morgan fingerprint density at radius 2 is 1.52 bits per heavy atom. The van der Waals surface area contributed by atoms with Gasteiger partial charge in [-0.15, -0.1) is 0 Å². The molecule has 29 heavy (non-hydrogen) atoms. The lowest BCUT2D eigenvalue weighted by Gasteiger charge is -2.48. The maximum absolute atomic E-state index is 15.4. The van der Waals surface area contributed by atoms with Gasteiger partial charge in [-0.25, -0.2) is 8.78 Å². The normalized spacial score (nSPS) is 24.0. The first-order valence-electron chi connectivity index (χ1n) is 8.30. The van der Waals surface area contributed by atoms with Crippen LogP contribution in [0.25, 0.3) is 5.57 Å². The topological polar surface area (TPSA) is 37.3 Å². The van der Waals surface area contributed by atoms with E-state index in [9.17, 15) is 40.6 Å². The highest BCUT2D eigenvalue weighted by Gasteiger charge is 2.83. The summed E-state index contributed by atoms with van der Waals surface area (Å²) in [5.74, 6) is -3.39. The highest BCUT2D eigenvalue weighted by Crippen LogP contribution is 2.61. The van der Waals surface area contributed by atoms with Crippen LogP contribution in [0.1, 0.15) is 19.4 Å². The molecule has 1 aliphatic carbocycles. The second-order valence-corrected chi connectivity index (χ2v) is 6.94. The van der Waals surface area contributed by atoms with Gasteiger partial charge in [0.1, 0.15) is 18.3 Å². The molecular formula is C19H16F8O2. The zero-order valence-corrected chi connectivity index (χ0v) is 15.1. The maximum Gasteiger partial charge on any atom is 0.427 e. The largest absolute Gasteiger partial charge is 0.427 e. The second kappa shape index (κ2) is 7.23. The average Bonchev–Trinajstić information content (AvgIpc) is 2.60. The first kappa shape index (κ1) is 23.1. The number of hydrogen-bond donors (Lipinski definition) is 1. The first-order chi connectivity index (χ1) is 13.2. The molecule has 1 N–H and O–H groups in total. The lowest BCUT2D eigenvalue weighted by atomic mass is 9.61. The van der Waals surface area contributed by atoms with Crippen LogP contribution in [0.4, 0.5) is 35.1 Å². The zero-order chi connectivity index (χ0) is 22.4. The Balaban J connectivity index is 2.92. The van der Waals surface area contributed by atoms with Crippen molar-refractivity contribution < 1.29 is 45.0 Å². The summed E-state index contributed by atoms with van der Waals surface area (Å²) in [7, 11) is 0. The molecule has 0 amide bonds. The quantitative estimate of drug-likeness (QED) is 0.519. The fraction of sp³-hybridized carbons (Fsp3) is 0.421. The predicted molar refractivity (Wildman–Crippen MR) is 87.8 cm³/mol. The van der Waals surface area contributed by atoms with Crippen molar-refractivity contribution in [3.8, 4) is 0 Å². The van der Waals surface area contributed by atoms with Crippen LogP contribution in [0.15, 0.2) is 47.8 Å². The number of rotatable bonds is 4. The van der Waals surface area contributed by atoms with Gasteiger partial charge in [0.05, 0.1) is 0 Å². The van der Waals surface area contributed by atoms with Gasteiger partial charge < -0.3 is 9.90 Å². The minimum atomic E-state index is -6.60. The summed E-state index contributed by atoms with van der Waals surface area (Å²) in [5, 5.41) is 9.73. The van der Waals surface area contributed by atoms with E-state index < -0.39 is 53.1 Å². The lowest BCUT2D eigenvalue weighted by molar-refractivity contribution is -0.397. The Bertz CT molecular complexity index is 822. The molecule has 10 heteroatoms. The third-order valence-electron chi connectivity index (χ3n) is 4.96. The van der Waals surface area contributed by atoms with Crippen molar-refractivity contribution in [2.45, 2.75) is 38.0 Å². The number of hydrogen-bond acceptors (Lipinski definition) is 2. The van der Waals surface area contributed by atoms with Gasteiger partial charge >= 0.3 is 12.4 Å². The summed E-state index contributed by atoms with van der Waals surface area (Å²) in [4.78, 5) is 11.6. The van der Waals surface area contributed by atoms with Crippen LogP contribution in [0.2, 0.25) is 0 Å². The van der Waals surface area contributed by atoms with Gasteiger partial charge in [-0.1, -0.05) is 44.2 Å². The molecule has 0 saturated heterocycles. The number of alkyl halides is 7. The highest BCUT2D eigenvalue weighted by atomic mass is 19.4. The number of benzene rings is 1. The molecule has 0 spiro atoms. The molecule has 1 aromatic rings. The molecule has 0 aromatic heterocycles. The number of aliphatic hydroxyl groups is 1. The van der Waals surface area contributed by atoms with E-state index in [0.29, 0.717) is 0 Å². The second-order valence-electron chi connectivity index (χ2n) is 6.94. The summed E-state index contributed by atoms with van der Waals surface area (Å²) >= 11 is 0. The molecule has 1 aliphatic rings. The molecule has 2 atom stereocenters. The van der Waals surface area contributed by atoms with Gasteiger partial charge in [-0.3, -0.25) is 0 Å². The van der Waals surface area contributed by atoms with Gasteiger partial charge in [-0.05, 0) is 28.7 Å². The summed E-state index contributed by atoms with van der Waals surface area (Å²) in [6, 6.07) is 7.13. The monoisotopic (exact) mass is 428 g/mol. The number of allylic oxidation sites excluding steroid dienone is 3. The summed E-state index contributed by atoms with van der Waals surface area (Å²) in [5.41, 5.74) is -11.4. The molecular weight excluding hydrogens is 412 g/mol. The Hall–Kier alpha value is -2.23. The molecule has 0 fully saturated rings. The van der Waals surface area contributed by atoms with Gasteiger partial charge in [0.2, 0.25) is 0 Å². The third-order valence-corrected chi connectivity index (χ3v) is 4.96. The molecule has 160 valence electrons. The minimum absolute atomic E-state index is 0.121. The van der Waals surface area contributed by atoms with Crippen LogP contribution in [-0.4, -0.2) is 35.5 Å². The molecule has 1 aromatic carbocycles. The van der Waals surface area contributed by atoms with E-state index in [1.165, 1.54) is 44.2 Å². The van der Waals surface area contributed by atoms with Gasteiger partial charge in [0.15, 0.2) is 5.41 Å². The van der Waals surface area contributed by atoms with Crippen LogP contribution in [0.3, 0.4) is 0 Å². The van der Waals surface area contributed by atoms with Gasteiger partial charge in [0, 0.05) is 0 Å². The maximum atomic E-state index is 15.4. The predicted octanol–water partition coefficient (Wildman–Crippen LogP) is 5.34. The molecule has 2 unspecified atom stereocenters. The number of carbonyl (C=O) groups excluding carboxylic acids is 1. The Kier molecular flexibility index (Phi) is 5.75. The number of aldehydes is 1. The Labute approximate surface area is 160 Å². The smallest absolute Gasteiger partial charge is 0.372 e. The lowest BCUT2D eigenvalue weighted by Crippen LogP contribution is -2.71. The fourth-order valence-electron chi connectivity index (χ4n) is 3.49. The van der Waals surface area contributed by atoms with Gasteiger partial charge in [0.25, 0.3) is 5.60 Å². The van der Waals surface area contributed by atoms with E-state index >= 15 is 4.39 Å². The van der Waals surface area contributed by atoms with E-state index in [0.717, 1.165) is 0 Å². The third kappa shape index (κ3) is 3.17. The van der Waals surface area contributed by atoms with Crippen molar-refractivity contribution in [2.24, 2.45) is 11.3 Å². The van der Waals surface area contributed by atoms with Crippen LogP contribution in [0.5, 0.6) is 0 Å². The van der Waals surface area contributed by atoms with Crippen LogP contribution >= 0.6 is 0 Å². The van der Waals surface area contributed by atoms with E-state index in [-0.39, 0.29) is 17.2 Å². The molecule has 0 heterocycles. The van der Waals surface area contributed by atoms with Crippen molar-refractivity contribution in [1.82, 2.24) is 0 Å². The van der Waals surface area contributed by atoms with Crippen molar-refractivity contribution in [1.29, 1.82) is 0 Å². The van der Waals surface area contributed by atoms with E-state index in [1.807, 2.05) is 0 Å². The van der Waals surface area contributed by atoms with E-state index in [1.54, 1.807) is 0 Å². The highest BCUT2D eigenvalue weighted by molar-refractivity contribution is 5.84. The van der Waals surface area contributed by atoms with E-state index in [2.05, 4.69) is 0 Å². The number of carbonyl (C=O) groups is 1. The van der Waals surface area contributed by atoms with Crippen molar-refractivity contribution in [3.63, 3.8) is 0 Å². The van der Waals surface area contributed by atoms with E-state index in [4.69, 9.17) is 0 Å². The Morgan fingerprint density at radius 3 is 1.90 bits per heavy atom. The Morgan fingerprint density at radius 1 is 1.03 bits per heavy atom. The van der Waals surface area contributed by atoms with Crippen molar-refractivity contribution in [2.75, 3.05) is 0 Å². The molecule has 0 aliphatic heterocycles. The van der Waals surface area contributed by atoms with Crippen LogP contribution < -0.4 is 0 Å². The summed E-state index contributed by atoms with van der Waals surface area (Å²) in [6.07, 6.45) is -17.5. The van der Waals surface area contributed by atoms with Crippen LogP contribution in [-0.2, 0) is 4.79 Å². The van der Waals surface area contributed by atoms with Crippen molar-refractivity contribution >= 4 is 11.9 Å². The summed E-state index contributed by atoms with van der Waals surface area (Å²) < 4.78 is 111. The zero-order valence-electron chi connectivity index (χ0n) is 15.1. The first-order valence-corrected chi connectivity index (χ1v) is 8.30. The SMILES string of the molecule is CC(C)C1=C(c2ccccc2)C=C(F)C(C=O)(C(O)(C(F)(F)F)C(F)(F)F)C1F. The molecule has 2 rings (SSSR count). The minimum Gasteiger partial charge on any atom is -0.372 e. The molecule has 0 radical (unpaired) electrons. The fourth-order valence-corrected chi connectivity index (χ4v) is 3.49. The summed E-state index contributed by atoms with van der Waals surface area (Å²) in [6.45, 7) is 2.52. The molecule has 0 saturated carbocycles. The molecule has 0 bridgehead atoms. The van der Waals surface area contributed by atoms with Crippen LogP contribution in [0, 0.1) is 11.3 Å². The number of halogens is 8. The average molecular weight is 428 g/mol.